The van der Waals surface area contributed by atoms with Gasteiger partial charge in [-0.2, -0.15) is 0 Å². The van der Waals surface area contributed by atoms with E-state index in [1.807, 2.05) is 4.98 Å². The normalized spacial score (nSPS) is 28.1. The highest BCUT2D eigenvalue weighted by atomic mass is 32.7. The molecule has 0 spiro atoms. The molecule has 5 atom stereocenters. The van der Waals surface area contributed by atoms with Crippen LogP contribution in [0.15, 0.2) is 21.9 Å². The van der Waals surface area contributed by atoms with Crippen molar-refractivity contribution in [1.29, 1.82) is 0 Å². The molecule has 1 aliphatic rings. The summed E-state index contributed by atoms with van der Waals surface area (Å²) in [7, 11) is -7.46. The number of aromatic amines is 1. The molecule has 0 radical (unpaired) electrons. The molecular formula is C9H12FN2O9P2S+. The average molecular weight is 405 g/mol. The van der Waals surface area contributed by atoms with E-state index >= 15 is 0 Å². The van der Waals surface area contributed by atoms with Crippen molar-refractivity contribution in [3.05, 3.63) is 33.1 Å². The minimum Gasteiger partial charge on any atom is -0.346 e. The molecule has 1 aromatic heterocycles. The third kappa shape index (κ3) is 4.80. The molecular weight excluding hydrogens is 393 g/mol. The number of H-pyrrole nitrogens is 1. The van der Waals surface area contributed by atoms with Gasteiger partial charge in [0.2, 0.25) is 0 Å². The lowest BCUT2D eigenvalue weighted by Gasteiger charge is -2.16. The van der Waals surface area contributed by atoms with Crippen LogP contribution in [0.5, 0.6) is 0 Å². The Morgan fingerprint density at radius 3 is 2.71 bits per heavy atom. The molecule has 0 saturated carbocycles. The molecule has 1 saturated heterocycles. The van der Waals surface area contributed by atoms with Crippen LogP contribution < -0.4 is 11.2 Å². The van der Waals surface area contributed by atoms with E-state index < -0.39 is 57.5 Å². The molecule has 1 aliphatic heterocycles. The molecule has 0 amide bonds. The van der Waals surface area contributed by atoms with Gasteiger partial charge in [0, 0.05) is 12.3 Å². The molecule has 0 aromatic carbocycles. The Bertz CT molecular complexity index is 779. The standard InChI is InChI=1S/C9H11FN2O9P2S/c10-6-4(3-19-23(16,17)18)20-8(7(6)21-22(15)24)12-2-1-5(13)11-9(12)14/h1-2,4,6-8H,3H2,(H3-,11,13,14,15,16,17,18,24)/p+1/t4-,6+,7-,8-/m1/s1. The van der Waals surface area contributed by atoms with E-state index in [9.17, 15) is 23.1 Å². The van der Waals surface area contributed by atoms with Crippen LogP contribution in [0.3, 0.4) is 0 Å². The lowest BCUT2D eigenvalue weighted by Crippen LogP contribution is -2.37. The molecule has 0 aliphatic carbocycles. The fourth-order valence-electron chi connectivity index (χ4n) is 2.07. The first-order valence-corrected chi connectivity index (χ1v) is 10.1. The zero-order chi connectivity index (χ0) is 18.1. The summed E-state index contributed by atoms with van der Waals surface area (Å²) in [5, 5.41) is 0. The Balaban J connectivity index is 2.30. The van der Waals surface area contributed by atoms with Crippen molar-refractivity contribution >= 4 is 27.3 Å². The number of rotatable bonds is 6. The molecule has 2 heterocycles. The van der Waals surface area contributed by atoms with Gasteiger partial charge < -0.3 is 14.5 Å². The van der Waals surface area contributed by atoms with Crippen molar-refractivity contribution in [2.75, 3.05) is 6.61 Å². The maximum Gasteiger partial charge on any atom is 0.582 e. The monoisotopic (exact) mass is 405 g/mol. The summed E-state index contributed by atoms with van der Waals surface area (Å²) in [6.45, 7) is -0.844. The first-order valence-electron chi connectivity index (χ1n) is 6.22. The molecule has 1 fully saturated rings. The number of phosphoric acid groups is 1. The predicted molar refractivity (Wildman–Crippen MR) is 79.6 cm³/mol. The van der Waals surface area contributed by atoms with Gasteiger partial charge in [-0.25, -0.2) is 13.8 Å². The second-order valence-electron chi connectivity index (χ2n) is 4.62. The van der Waals surface area contributed by atoms with Crippen LogP contribution >= 0.6 is 27.3 Å². The molecule has 0 bridgehead atoms. The van der Waals surface area contributed by atoms with Gasteiger partial charge in [0.25, 0.3) is 5.56 Å². The third-order valence-electron chi connectivity index (χ3n) is 3.01. The molecule has 24 heavy (non-hydrogen) atoms. The number of halogens is 1. The van der Waals surface area contributed by atoms with Gasteiger partial charge in [-0.1, -0.05) is 0 Å². The Labute approximate surface area is 139 Å². The van der Waals surface area contributed by atoms with Crippen LogP contribution in [0, 0.1) is 0 Å². The van der Waals surface area contributed by atoms with Crippen LogP contribution in [0.1, 0.15) is 6.23 Å². The number of nitrogens with zero attached hydrogens (tertiary/aromatic N) is 1. The van der Waals surface area contributed by atoms with Gasteiger partial charge in [0.1, 0.15) is 18.4 Å². The fraction of sp³-hybridized carbons (Fsp3) is 0.556. The molecule has 2 rings (SSSR count). The smallest absolute Gasteiger partial charge is 0.346 e. The highest BCUT2D eigenvalue weighted by molar-refractivity contribution is 8.39. The van der Waals surface area contributed by atoms with Gasteiger partial charge in [-0.05, 0) is 4.57 Å². The van der Waals surface area contributed by atoms with Gasteiger partial charge in [0.15, 0.2) is 18.5 Å². The predicted octanol–water partition coefficient (Wildman–Crippen LogP) is -0.146. The van der Waals surface area contributed by atoms with Crippen molar-refractivity contribution in [2.45, 2.75) is 24.6 Å². The quantitative estimate of drug-likeness (QED) is 0.373. The zero-order valence-corrected chi connectivity index (χ0v) is 14.3. The van der Waals surface area contributed by atoms with E-state index in [4.69, 9.17) is 19.0 Å². The number of thiol groups is 1. The second-order valence-corrected chi connectivity index (χ2v) is 7.53. The van der Waals surface area contributed by atoms with Gasteiger partial charge in [-0.15, -0.1) is 4.52 Å². The first kappa shape index (κ1) is 19.4. The minimum absolute atomic E-state index is 0.704. The van der Waals surface area contributed by atoms with E-state index in [1.54, 1.807) is 0 Å². The summed E-state index contributed by atoms with van der Waals surface area (Å²) in [6.07, 6.45) is -5.59. The number of aromatic nitrogens is 2. The van der Waals surface area contributed by atoms with Crippen molar-refractivity contribution in [3.63, 3.8) is 0 Å². The summed E-state index contributed by atoms with van der Waals surface area (Å²) in [5.74, 6) is 0. The lowest BCUT2D eigenvalue weighted by molar-refractivity contribution is -0.0479. The highest BCUT2D eigenvalue weighted by Crippen LogP contribution is 2.43. The van der Waals surface area contributed by atoms with Crippen LogP contribution in [0.4, 0.5) is 4.39 Å². The molecule has 134 valence electrons. The van der Waals surface area contributed by atoms with Crippen LogP contribution in [0.25, 0.3) is 0 Å². The summed E-state index contributed by atoms with van der Waals surface area (Å²) in [5.41, 5.74) is -1.65. The summed E-state index contributed by atoms with van der Waals surface area (Å²) in [4.78, 5) is 42.1. The molecule has 11 nitrogen and oxygen atoms in total. The number of phosphoric ester groups is 1. The zero-order valence-electron chi connectivity index (χ0n) is 11.6. The Kier molecular flexibility index (Phi) is 6.10. The molecule has 3 N–H and O–H groups in total. The molecule has 15 heteroatoms. The minimum atomic E-state index is -4.88. The highest BCUT2D eigenvalue weighted by Gasteiger charge is 2.51. The molecule has 1 aromatic rings. The number of alkyl halides is 1. The molecule has 1 unspecified atom stereocenters. The summed E-state index contributed by atoms with van der Waals surface area (Å²) in [6, 6.07) is 0.967. The number of nitrogens with one attached hydrogen (secondary N) is 1. The number of ether oxygens (including phenoxy) is 1. The van der Waals surface area contributed by atoms with Crippen molar-refractivity contribution < 1.29 is 37.1 Å². The van der Waals surface area contributed by atoms with Crippen LogP contribution in [-0.4, -0.2) is 44.3 Å². The maximum atomic E-state index is 14.4. The van der Waals surface area contributed by atoms with Crippen LogP contribution in [-0.2, 0) is 22.9 Å². The van der Waals surface area contributed by atoms with Gasteiger partial charge in [0.05, 0.1) is 6.61 Å². The summed E-state index contributed by atoms with van der Waals surface area (Å²) < 4.78 is 51.2. The van der Waals surface area contributed by atoms with Crippen LogP contribution in [0.2, 0.25) is 0 Å². The maximum absolute atomic E-state index is 14.4. The van der Waals surface area contributed by atoms with Crippen molar-refractivity contribution in [1.82, 2.24) is 9.55 Å². The Morgan fingerprint density at radius 2 is 2.17 bits per heavy atom. The SMILES string of the molecule is O=c1ccn([C@@H]2O[C@H](COP(=O)(O)O)[C@H](F)[C@H]2O[P+](=O)S)c(=O)[nH]1. The number of hydrogen-bond acceptors (Lipinski definition) is 7. The Morgan fingerprint density at radius 1 is 1.50 bits per heavy atom. The Hall–Kier alpha value is -0.910. The lowest BCUT2D eigenvalue weighted by atomic mass is 10.1. The number of hydrogen-bond donors (Lipinski definition) is 4. The van der Waals surface area contributed by atoms with E-state index in [0.717, 1.165) is 16.8 Å². The van der Waals surface area contributed by atoms with Gasteiger partial charge in [-0.3, -0.25) is 18.9 Å². The summed E-state index contributed by atoms with van der Waals surface area (Å²) >= 11 is 3.50. The topological polar surface area (TPSA) is 157 Å². The first-order chi connectivity index (χ1) is 11.1. The van der Waals surface area contributed by atoms with Crippen molar-refractivity contribution in [3.8, 4) is 0 Å². The fourth-order valence-corrected chi connectivity index (χ4v) is 3.16. The van der Waals surface area contributed by atoms with E-state index in [1.165, 1.54) is 0 Å². The largest absolute Gasteiger partial charge is 0.582 e. The van der Waals surface area contributed by atoms with E-state index in [-0.39, 0.29) is 0 Å². The average Bonchev–Trinajstić information content (AvgIpc) is 2.73. The van der Waals surface area contributed by atoms with E-state index in [0.29, 0.717) is 0 Å². The van der Waals surface area contributed by atoms with Crippen molar-refractivity contribution in [2.24, 2.45) is 0 Å². The second kappa shape index (κ2) is 7.54. The third-order valence-corrected chi connectivity index (χ3v) is 4.20. The van der Waals surface area contributed by atoms with Gasteiger partial charge >= 0.3 is 20.7 Å². The van der Waals surface area contributed by atoms with E-state index in [2.05, 4.69) is 16.8 Å².